The molecule has 2 heterocycles. The zero-order chi connectivity index (χ0) is 19.3. The van der Waals surface area contributed by atoms with Gasteiger partial charge in [-0.25, -0.2) is 0 Å². The fraction of sp³-hybridized carbons (Fsp3) is 0.250. The first kappa shape index (κ1) is 17.0. The molecule has 142 valence electrons. The maximum atomic E-state index is 6.13. The van der Waals surface area contributed by atoms with E-state index in [1.54, 1.807) is 0 Å². The normalized spacial score (nSPS) is 14.5. The molecule has 2 bridgehead atoms. The molecule has 4 nitrogen and oxygen atoms in total. The zero-order valence-electron chi connectivity index (χ0n) is 16.5. The van der Waals surface area contributed by atoms with Crippen LogP contribution in [0, 0.1) is 13.8 Å². The van der Waals surface area contributed by atoms with Crippen LogP contribution in [0.2, 0.25) is 0 Å². The molecule has 3 N–H and O–H groups in total. The molecule has 2 aliphatic rings. The molecule has 0 saturated carbocycles. The Morgan fingerprint density at radius 3 is 2.25 bits per heavy atom. The molecule has 28 heavy (non-hydrogen) atoms. The van der Waals surface area contributed by atoms with Crippen molar-refractivity contribution < 1.29 is 0 Å². The largest absolute Gasteiger partial charge is 0.398 e. The Labute approximate surface area is 166 Å². The molecule has 0 aromatic heterocycles. The second kappa shape index (κ2) is 6.48. The number of nitrogens with one attached hydrogen (secondary N) is 1. The summed E-state index contributed by atoms with van der Waals surface area (Å²) in [7, 11) is 0. The maximum Gasteiger partial charge on any atom is 0.0910 e. The third kappa shape index (κ3) is 2.95. The van der Waals surface area contributed by atoms with E-state index in [0.29, 0.717) is 0 Å². The minimum atomic E-state index is 0.738. The lowest BCUT2D eigenvalue weighted by molar-refractivity contribution is 0.650. The minimum Gasteiger partial charge on any atom is -0.398 e. The van der Waals surface area contributed by atoms with Crippen molar-refractivity contribution in [2.75, 3.05) is 27.5 Å². The summed E-state index contributed by atoms with van der Waals surface area (Å²) in [5, 5.41) is 3.55. The highest BCUT2D eigenvalue weighted by molar-refractivity contribution is 5.70. The maximum absolute atomic E-state index is 6.13. The average molecular weight is 371 g/mol. The van der Waals surface area contributed by atoms with Gasteiger partial charge in [0, 0.05) is 42.4 Å². The van der Waals surface area contributed by atoms with E-state index in [-0.39, 0.29) is 0 Å². The lowest BCUT2D eigenvalue weighted by Crippen LogP contribution is -2.46. The molecule has 3 aromatic carbocycles. The molecule has 0 fully saturated rings. The lowest BCUT2D eigenvalue weighted by atomic mass is 10.00. The number of hydrogen-bond acceptors (Lipinski definition) is 4. The van der Waals surface area contributed by atoms with Gasteiger partial charge < -0.3 is 20.9 Å². The topological polar surface area (TPSA) is 44.5 Å². The number of benzene rings is 3. The minimum absolute atomic E-state index is 0.738. The summed E-state index contributed by atoms with van der Waals surface area (Å²) in [6.45, 7) is 7.90. The summed E-state index contributed by atoms with van der Waals surface area (Å²) in [6, 6.07) is 19.7. The van der Waals surface area contributed by atoms with E-state index in [1.807, 2.05) is 6.07 Å². The Morgan fingerprint density at radius 1 is 0.821 bits per heavy atom. The highest BCUT2D eigenvalue weighted by Gasteiger charge is 2.29. The van der Waals surface area contributed by atoms with Crippen LogP contribution in [0.25, 0.3) is 0 Å². The third-order valence-electron chi connectivity index (χ3n) is 5.84. The van der Waals surface area contributed by atoms with Gasteiger partial charge in [0.1, 0.15) is 0 Å². The van der Waals surface area contributed by atoms with E-state index < -0.39 is 0 Å². The zero-order valence-corrected chi connectivity index (χ0v) is 16.5. The monoisotopic (exact) mass is 370 g/mol. The molecule has 0 aliphatic carbocycles. The molecule has 0 spiro atoms. The molecule has 0 radical (unpaired) electrons. The number of rotatable bonds is 3. The number of nitrogens with two attached hydrogens (primary N) is 1. The van der Waals surface area contributed by atoms with Crippen molar-refractivity contribution in [1.82, 2.24) is 0 Å². The number of aryl methyl sites for hydroxylation is 2. The fourth-order valence-corrected chi connectivity index (χ4v) is 4.40. The number of nitrogens with zero attached hydrogens (tertiary/aromatic N) is 2. The van der Waals surface area contributed by atoms with Crippen LogP contribution in [-0.2, 0) is 19.6 Å². The summed E-state index contributed by atoms with van der Waals surface area (Å²) in [4.78, 5) is 4.95. The van der Waals surface area contributed by atoms with Crippen molar-refractivity contribution >= 4 is 22.7 Å². The van der Waals surface area contributed by atoms with Crippen molar-refractivity contribution in [3.8, 4) is 0 Å². The standard InChI is InChI=1S/C24H26N4/c1-16-3-6-22(25)18(9-16)12-26-21-5-8-24-20(11-21)14-28-15-27(24)13-19-10-17(2)4-7-23(19)28/h3-11,26H,12-15,25H2,1-2H3. The second-order valence-electron chi connectivity index (χ2n) is 8.07. The van der Waals surface area contributed by atoms with E-state index in [0.717, 1.165) is 43.2 Å². The van der Waals surface area contributed by atoms with Gasteiger partial charge in [0.15, 0.2) is 0 Å². The van der Waals surface area contributed by atoms with Gasteiger partial charge in [-0.05, 0) is 60.9 Å². The van der Waals surface area contributed by atoms with Gasteiger partial charge in [-0.2, -0.15) is 0 Å². The van der Waals surface area contributed by atoms with E-state index in [1.165, 1.54) is 33.6 Å². The molecule has 0 saturated heterocycles. The first-order valence-electron chi connectivity index (χ1n) is 9.88. The van der Waals surface area contributed by atoms with Gasteiger partial charge in [-0.1, -0.05) is 35.4 Å². The van der Waals surface area contributed by atoms with Crippen LogP contribution >= 0.6 is 0 Å². The molecule has 0 atom stereocenters. The van der Waals surface area contributed by atoms with Crippen LogP contribution in [0.5, 0.6) is 0 Å². The molecule has 0 unspecified atom stereocenters. The van der Waals surface area contributed by atoms with Crippen LogP contribution < -0.4 is 20.9 Å². The summed E-state index contributed by atoms with van der Waals surface area (Å²) in [6.07, 6.45) is 0. The van der Waals surface area contributed by atoms with E-state index >= 15 is 0 Å². The predicted molar refractivity (Wildman–Crippen MR) is 118 cm³/mol. The first-order valence-corrected chi connectivity index (χ1v) is 9.88. The van der Waals surface area contributed by atoms with Crippen molar-refractivity contribution in [2.45, 2.75) is 33.5 Å². The molecule has 3 aromatic rings. The van der Waals surface area contributed by atoms with Gasteiger partial charge in [0.2, 0.25) is 0 Å². The smallest absolute Gasteiger partial charge is 0.0910 e. The number of nitrogen functional groups attached to an aromatic ring is 1. The van der Waals surface area contributed by atoms with Gasteiger partial charge in [-0.3, -0.25) is 0 Å². The number of hydrogen-bond donors (Lipinski definition) is 2. The Kier molecular flexibility index (Phi) is 3.93. The Morgan fingerprint density at radius 2 is 1.46 bits per heavy atom. The molecular formula is C24H26N4. The van der Waals surface area contributed by atoms with E-state index in [2.05, 4.69) is 77.5 Å². The van der Waals surface area contributed by atoms with Gasteiger partial charge in [-0.15, -0.1) is 0 Å². The fourth-order valence-electron chi connectivity index (χ4n) is 4.40. The van der Waals surface area contributed by atoms with Crippen LogP contribution in [0.4, 0.5) is 22.7 Å². The van der Waals surface area contributed by atoms with Crippen molar-refractivity contribution in [3.05, 3.63) is 82.4 Å². The van der Waals surface area contributed by atoms with Crippen LogP contribution in [-0.4, -0.2) is 6.67 Å². The number of fused-ring (bicyclic) bond motifs is 6. The van der Waals surface area contributed by atoms with Crippen molar-refractivity contribution in [2.24, 2.45) is 0 Å². The summed E-state index contributed by atoms with van der Waals surface area (Å²) < 4.78 is 0. The third-order valence-corrected chi connectivity index (χ3v) is 5.84. The quantitative estimate of drug-likeness (QED) is 0.650. The van der Waals surface area contributed by atoms with Gasteiger partial charge >= 0.3 is 0 Å². The highest BCUT2D eigenvalue weighted by Crippen LogP contribution is 2.39. The Balaban J connectivity index is 1.39. The van der Waals surface area contributed by atoms with Gasteiger partial charge in [0.25, 0.3) is 0 Å². The second-order valence-corrected chi connectivity index (χ2v) is 8.07. The molecule has 5 rings (SSSR count). The summed E-state index contributed by atoms with van der Waals surface area (Å²) in [5.74, 6) is 0. The lowest BCUT2D eigenvalue weighted by Gasteiger charge is -2.45. The molecular weight excluding hydrogens is 344 g/mol. The van der Waals surface area contributed by atoms with E-state index in [4.69, 9.17) is 5.73 Å². The SMILES string of the molecule is Cc1ccc(N)c(CNc2ccc3c(c2)CN2CN3Cc3cc(C)ccc32)c1. The molecule has 4 heteroatoms. The summed E-state index contributed by atoms with van der Waals surface area (Å²) in [5.41, 5.74) is 17.3. The molecule has 2 aliphatic heterocycles. The van der Waals surface area contributed by atoms with Crippen molar-refractivity contribution in [3.63, 3.8) is 0 Å². The predicted octanol–water partition coefficient (Wildman–Crippen LogP) is 4.80. The average Bonchev–Trinajstić information content (AvgIpc) is 2.68. The van der Waals surface area contributed by atoms with Crippen LogP contribution in [0.3, 0.4) is 0 Å². The highest BCUT2D eigenvalue weighted by atomic mass is 15.4. The summed E-state index contributed by atoms with van der Waals surface area (Å²) >= 11 is 0. The number of anilines is 4. The van der Waals surface area contributed by atoms with Crippen LogP contribution in [0.15, 0.2) is 54.6 Å². The Hall–Kier alpha value is -3.14. The van der Waals surface area contributed by atoms with Crippen LogP contribution in [0.1, 0.15) is 27.8 Å². The van der Waals surface area contributed by atoms with E-state index in [9.17, 15) is 0 Å². The Bertz CT molecular complexity index is 1060. The first-order chi connectivity index (χ1) is 13.6. The van der Waals surface area contributed by atoms with Gasteiger partial charge in [0.05, 0.1) is 6.67 Å². The van der Waals surface area contributed by atoms with Crippen molar-refractivity contribution in [1.29, 1.82) is 0 Å². The molecule has 0 amide bonds.